The van der Waals surface area contributed by atoms with Gasteiger partial charge in [-0.3, -0.25) is 14.9 Å². The van der Waals surface area contributed by atoms with E-state index in [-0.39, 0.29) is 5.75 Å². The summed E-state index contributed by atoms with van der Waals surface area (Å²) in [6.45, 7) is 3.27. The van der Waals surface area contributed by atoms with E-state index in [0.717, 1.165) is 6.08 Å². The van der Waals surface area contributed by atoms with Crippen molar-refractivity contribution in [2.75, 3.05) is 5.75 Å². The molecule has 6 heteroatoms. The number of aliphatic carboxylic acids is 2. The average molecular weight is 205 g/mol. The number of carbonyl (C=O) groups is 2. The fourth-order valence-corrected chi connectivity index (χ4v) is 0.921. The Balaban J connectivity index is 4.27. The van der Waals surface area contributed by atoms with E-state index < -0.39 is 24.0 Å². The van der Waals surface area contributed by atoms with Crippen LogP contribution in [0.25, 0.3) is 0 Å². The number of carboxylic acid groups (broad SMARTS) is 2. The van der Waals surface area contributed by atoms with Gasteiger partial charge in [0, 0.05) is 5.75 Å². The van der Waals surface area contributed by atoms with Gasteiger partial charge in [0.2, 0.25) is 0 Å². The van der Waals surface area contributed by atoms with Crippen molar-refractivity contribution in [1.29, 1.82) is 0 Å². The van der Waals surface area contributed by atoms with Crippen LogP contribution in [0, 0.1) is 0 Å². The van der Waals surface area contributed by atoms with Gasteiger partial charge < -0.3 is 10.2 Å². The first-order valence-corrected chi connectivity index (χ1v) is 4.11. The van der Waals surface area contributed by atoms with Crippen LogP contribution in [0.5, 0.6) is 0 Å². The minimum Gasteiger partial charge on any atom is -0.480 e. The lowest BCUT2D eigenvalue weighted by atomic mass is 10.2. The van der Waals surface area contributed by atoms with E-state index in [4.69, 9.17) is 10.2 Å². The standard InChI is InChI=1S/C7H11NO4S/c1-2-4(6(9)10)8-5(3-13)7(11)12/h2,4-5,8,13H,1,3H2,(H,9,10)(H,11,12). The highest BCUT2D eigenvalue weighted by atomic mass is 32.1. The molecule has 0 aromatic heterocycles. The molecule has 0 saturated carbocycles. The zero-order valence-electron chi connectivity index (χ0n) is 6.80. The third kappa shape index (κ3) is 3.95. The van der Waals surface area contributed by atoms with Crippen molar-refractivity contribution in [2.45, 2.75) is 12.1 Å². The predicted octanol–water partition coefficient (Wildman–Crippen LogP) is -0.402. The summed E-state index contributed by atoms with van der Waals surface area (Å²) in [5, 5.41) is 19.5. The number of thiol groups is 1. The van der Waals surface area contributed by atoms with Crippen LogP contribution < -0.4 is 5.32 Å². The van der Waals surface area contributed by atoms with Gasteiger partial charge in [-0.25, -0.2) is 0 Å². The number of hydrogen-bond acceptors (Lipinski definition) is 4. The van der Waals surface area contributed by atoms with E-state index in [2.05, 4.69) is 24.5 Å². The summed E-state index contributed by atoms with van der Waals surface area (Å²) < 4.78 is 0. The minimum absolute atomic E-state index is 0.0208. The molecule has 0 aliphatic carbocycles. The van der Waals surface area contributed by atoms with Crippen molar-refractivity contribution < 1.29 is 19.8 Å². The number of rotatable bonds is 6. The lowest BCUT2D eigenvalue weighted by molar-refractivity contribution is -0.141. The second kappa shape index (κ2) is 5.60. The van der Waals surface area contributed by atoms with Gasteiger partial charge in [-0.05, 0) is 0 Å². The molecule has 0 fully saturated rings. The molecule has 0 aliphatic rings. The van der Waals surface area contributed by atoms with Gasteiger partial charge in [-0.1, -0.05) is 6.08 Å². The molecule has 0 bridgehead atoms. The summed E-state index contributed by atoms with van der Waals surface area (Å²) in [5.74, 6) is -2.28. The van der Waals surface area contributed by atoms with Crippen LogP contribution in [-0.4, -0.2) is 40.0 Å². The van der Waals surface area contributed by atoms with Crippen molar-refractivity contribution in [2.24, 2.45) is 0 Å². The van der Waals surface area contributed by atoms with Gasteiger partial charge in [-0.2, -0.15) is 12.6 Å². The van der Waals surface area contributed by atoms with Gasteiger partial charge in [0.25, 0.3) is 0 Å². The van der Waals surface area contributed by atoms with E-state index in [1.54, 1.807) is 0 Å². The molecule has 3 N–H and O–H groups in total. The topological polar surface area (TPSA) is 86.6 Å². The van der Waals surface area contributed by atoms with Crippen molar-refractivity contribution >= 4 is 24.6 Å². The molecule has 74 valence electrons. The average Bonchev–Trinajstić information content (AvgIpc) is 2.05. The maximum Gasteiger partial charge on any atom is 0.324 e. The first-order chi connectivity index (χ1) is 6.02. The van der Waals surface area contributed by atoms with Crippen molar-refractivity contribution in [3.63, 3.8) is 0 Å². The normalized spacial score (nSPS) is 14.5. The maximum atomic E-state index is 10.5. The summed E-state index contributed by atoms with van der Waals surface area (Å²) in [4.78, 5) is 20.9. The first-order valence-electron chi connectivity index (χ1n) is 3.48. The van der Waals surface area contributed by atoms with E-state index in [0.29, 0.717) is 0 Å². The Labute approximate surface area is 80.9 Å². The van der Waals surface area contributed by atoms with Crippen LogP contribution in [0.3, 0.4) is 0 Å². The third-order valence-corrected chi connectivity index (χ3v) is 1.73. The maximum absolute atomic E-state index is 10.5. The molecule has 0 saturated heterocycles. The first kappa shape index (κ1) is 12.0. The molecular weight excluding hydrogens is 194 g/mol. The molecule has 0 amide bonds. The SMILES string of the molecule is C=CC(NC(CS)C(=O)O)C(=O)O. The third-order valence-electron chi connectivity index (χ3n) is 1.36. The molecule has 2 unspecified atom stereocenters. The molecule has 0 aliphatic heterocycles. The van der Waals surface area contributed by atoms with Crippen LogP contribution in [-0.2, 0) is 9.59 Å². The monoisotopic (exact) mass is 205 g/mol. The summed E-state index contributed by atoms with van der Waals surface area (Å²) in [7, 11) is 0. The number of carboxylic acids is 2. The molecule has 0 aromatic rings. The zero-order chi connectivity index (χ0) is 10.4. The second-order valence-electron chi connectivity index (χ2n) is 2.29. The van der Waals surface area contributed by atoms with Crippen LogP contribution in [0.1, 0.15) is 0 Å². The Morgan fingerprint density at radius 2 is 2.00 bits per heavy atom. The summed E-state index contributed by atoms with van der Waals surface area (Å²) >= 11 is 3.77. The van der Waals surface area contributed by atoms with Crippen LogP contribution in [0.15, 0.2) is 12.7 Å². The van der Waals surface area contributed by atoms with Crippen LogP contribution in [0.4, 0.5) is 0 Å². The van der Waals surface area contributed by atoms with E-state index >= 15 is 0 Å². The highest BCUT2D eigenvalue weighted by Gasteiger charge is 2.22. The van der Waals surface area contributed by atoms with Crippen LogP contribution in [0.2, 0.25) is 0 Å². The molecule has 0 heterocycles. The number of hydrogen-bond donors (Lipinski definition) is 4. The Bertz CT molecular complexity index is 219. The van der Waals surface area contributed by atoms with Crippen LogP contribution >= 0.6 is 12.6 Å². The molecule has 13 heavy (non-hydrogen) atoms. The summed E-state index contributed by atoms with van der Waals surface area (Å²) in [6, 6.07) is -2.05. The molecular formula is C7H11NO4S. The minimum atomic E-state index is -1.16. The van der Waals surface area contributed by atoms with E-state index in [1.165, 1.54) is 0 Å². The quantitative estimate of drug-likeness (QED) is 0.350. The molecule has 0 rings (SSSR count). The van der Waals surface area contributed by atoms with Gasteiger partial charge in [0.1, 0.15) is 12.1 Å². The van der Waals surface area contributed by atoms with Gasteiger partial charge >= 0.3 is 11.9 Å². The molecule has 0 aromatic carbocycles. The molecule has 0 spiro atoms. The highest BCUT2D eigenvalue weighted by molar-refractivity contribution is 7.80. The Hall–Kier alpha value is -1.01. The molecule has 0 radical (unpaired) electrons. The Morgan fingerprint density at radius 3 is 2.23 bits per heavy atom. The fraction of sp³-hybridized carbons (Fsp3) is 0.429. The van der Waals surface area contributed by atoms with Crippen molar-refractivity contribution in [1.82, 2.24) is 5.32 Å². The van der Waals surface area contributed by atoms with Gasteiger partial charge in [0.05, 0.1) is 0 Å². The second-order valence-corrected chi connectivity index (χ2v) is 2.66. The Morgan fingerprint density at radius 1 is 1.46 bits per heavy atom. The smallest absolute Gasteiger partial charge is 0.324 e. The van der Waals surface area contributed by atoms with Crippen molar-refractivity contribution in [3.8, 4) is 0 Å². The van der Waals surface area contributed by atoms with E-state index in [1.807, 2.05) is 0 Å². The van der Waals surface area contributed by atoms with Crippen molar-refractivity contribution in [3.05, 3.63) is 12.7 Å². The van der Waals surface area contributed by atoms with E-state index in [9.17, 15) is 9.59 Å². The summed E-state index contributed by atoms with van der Waals surface area (Å²) in [6.07, 6.45) is 1.13. The largest absolute Gasteiger partial charge is 0.480 e. The highest BCUT2D eigenvalue weighted by Crippen LogP contribution is 1.93. The van der Waals surface area contributed by atoms with Gasteiger partial charge in [-0.15, -0.1) is 6.58 Å². The Kier molecular flexibility index (Phi) is 5.17. The number of nitrogens with one attached hydrogen (secondary N) is 1. The van der Waals surface area contributed by atoms with Gasteiger partial charge in [0.15, 0.2) is 0 Å². The fourth-order valence-electron chi connectivity index (χ4n) is 0.659. The summed E-state index contributed by atoms with van der Waals surface area (Å²) in [5.41, 5.74) is 0. The lowest BCUT2D eigenvalue weighted by Crippen LogP contribution is -2.47. The molecule has 2 atom stereocenters. The zero-order valence-corrected chi connectivity index (χ0v) is 7.70. The predicted molar refractivity (Wildman–Crippen MR) is 50.0 cm³/mol. The lowest BCUT2D eigenvalue weighted by Gasteiger charge is -2.15. The molecule has 5 nitrogen and oxygen atoms in total.